The lowest BCUT2D eigenvalue weighted by atomic mass is 10.1. The topological polar surface area (TPSA) is 56.0 Å². The second-order valence-corrected chi connectivity index (χ2v) is 3.52. The Kier molecular flexibility index (Phi) is 3.47. The van der Waals surface area contributed by atoms with Crippen molar-refractivity contribution in [3.05, 3.63) is 29.6 Å². The molecule has 1 amide bonds. The first-order valence-corrected chi connectivity index (χ1v) is 4.51. The number of carbonyl (C=O) groups excluding carboxylic acids is 1. The molecule has 0 aliphatic heterocycles. The molecule has 1 heterocycles. The lowest BCUT2D eigenvalue weighted by Crippen LogP contribution is -2.15. The third kappa shape index (κ3) is 2.45. The smallest absolute Gasteiger partial charge is 0.267 e. The van der Waals surface area contributed by atoms with Gasteiger partial charge < -0.3 is 5.73 Å². The van der Waals surface area contributed by atoms with Gasteiger partial charge in [-0.25, -0.2) is 0 Å². The molecule has 0 atom stereocenters. The number of amides is 1. The number of halogens is 1. The van der Waals surface area contributed by atoms with Crippen molar-refractivity contribution in [3.8, 4) is 0 Å². The van der Waals surface area contributed by atoms with Gasteiger partial charge in [0.05, 0.1) is 0 Å². The number of primary amides is 1. The highest BCUT2D eigenvalue weighted by Gasteiger charge is 2.23. The summed E-state index contributed by atoms with van der Waals surface area (Å²) in [5.41, 5.74) is 6.65. The fourth-order valence-electron chi connectivity index (χ4n) is 1.46. The van der Waals surface area contributed by atoms with Crippen molar-refractivity contribution >= 4 is 18.3 Å². The molecule has 2 rings (SSSR count). The van der Waals surface area contributed by atoms with Gasteiger partial charge >= 0.3 is 0 Å². The van der Waals surface area contributed by atoms with Crippen LogP contribution in [-0.2, 0) is 6.42 Å². The zero-order chi connectivity index (χ0) is 9.26. The molecule has 4 heteroatoms. The summed E-state index contributed by atoms with van der Waals surface area (Å²) in [6, 6.07) is 3.79. The monoisotopic (exact) mass is 212 g/mol. The molecule has 0 radical (unpaired) electrons. The first-order chi connectivity index (χ1) is 6.27. The van der Waals surface area contributed by atoms with E-state index in [1.54, 1.807) is 6.20 Å². The largest absolute Gasteiger partial charge is 0.364 e. The number of nitrogens with two attached hydrogens (primary N) is 1. The Balaban J connectivity index is 0.000000980. The average Bonchev–Trinajstić information content (AvgIpc) is 2.89. The number of carbonyl (C=O) groups is 1. The van der Waals surface area contributed by atoms with Crippen LogP contribution in [-0.4, -0.2) is 10.9 Å². The Morgan fingerprint density at radius 1 is 1.57 bits per heavy atom. The predicted octanol–water partition coefficient (Wildman–Crippen LogP) is 1.55. The lowest BCUT2D eigenvalue weighted by molar-refractivity contribution is 0.0994. The Bertz CT molecular complexity index is 337. The molecule has 1 aromatic heterocycles. The van der Waals surface area contributed by atoms with Crippen molar-refractivity contribution in [1.29, 1.82) is 0 Å². The summed E-state index contributed by atoms with van der Waals surface area (Å²) >= 11 is 0. The van der Waals surface area contributed by atoms with E-state index >= 15 is 0 Å². The summed E-state index contributed by atoms with van der Waals surface area (Å²) in [5.74, 6) is 0.332. The van der Waals surface area contributed by atoms with Gasteiger partial charge in [-0.1, -0.05) is 6.07 Å². The van der Waals surface area contributed by atoms with Crippen LogP contribution in [0.2, 0.25) is 0 Å². The highest BCUT2D eigenvalue weighted by Crippen LogP contribution is 2.32. The molecular formula is C10H13ClN2O. The van der Waals surface area contributed by atoms with Crippen molar-refractivity contribution < 1.29 is 4.79 Å². The predicted molar refractivity (Wildman–Crippen MR) is 56.4 cm³/mol. The number of aromatic nitrogens is 1. The molecule has 0 aromatic carbocycles. The maximum atomic E-state index is 11.0. The molecule has 1 aliphatic rings. The van der Waals surface area contributed by atoms with Crippen molar-refractivity contribution in [2.75, 3.05) is 0 Å². The molecule has 14 heavy (non-hydrogen) atoms. The van der Waals surface area contributed by atoms with Crippen LogP contribution >= 0.6 is 12.4 Å². The SMILES string of the molecule is Cl.NC(=O)c1ncccc1CC1CC1. The Labute approximate surface area is 89.1 Å². The van der Waals surface area contributed by atoms with E-state index in [4.69, 9.17) is 5.73 Å². The van der Waals surface area contributed by atoms with Crippen LogP contribution in [0.5, 0.6) is 0 Å². The van der Waals surface area contributed by atoms with Crippen LogP contribution in [0.4, 0.5) is 0 Å². The number of hydrogen-bond acceptors (Lipinski definition) is 2. The Hall–Kier alpha value is -1.09. The standard InChI is InChI=1S/C10H12N2O.ClH/c11-10(13)9-8(2-1-5-12-9)6-7-3-4-7;/h1-2,5,7H,3-4,6H2,(H2,11,13);1H. The second kappa shape index (κ2) is 4.42. The minimum absolute atomic E-state index is 0. The van der Waals surface area contributed by atoms with Crippen molar-refractivity contribution in [2.24, 2.45) is 11.7 Å². The van der Waals surface area contributed by atoms with Gasteiger partial charge in [0.2, 0.25) is 0 Å². The van der Waals surface area contributed by atoms with Gasteiger partial charge in [0, 0.05) is 6.20 Å². The van der Waals surface area contributed by atoms with Gasteiger partial charge in [-0.3, -0.25) is 9.78 Å². The third-order valence-corrected chi connectivity index (χ3v) is 2.33. The normalized spacial score (nSPS) is 14.6. The molecule has 0 unspecified atom stereocenters. The van der Waals surface area contributed by atoms with E-state index in [2.05, 4.69) is 4.98 Å². The average molecular weight is 213 g/mol. The van der Waals surface area contributed by atoms with E-state index < -0.39 is 5.91 Å². The van der Waals surface area contributed by atoms with Crippen LogP contribution in [0, 0.1) is 5.92 Å². The molecule has 3 nitrogen and oxygen atoms in total. The molecular weight excluding hydrogens is 200 g/mol. The minimum atomic E-state index is -0.420. The lowest BCUT2D eigenvalue weighted by Gasteiger charge is -2.03. The second-order valence-electron chi connectivity index (χ2n) is 3.52. The molecule has 1 saturated carbocycles. The molecule has 1 aromatic rings. The van der Waals surface area contributed by atoms with Gasteiger partial charge in [0.25, 0.3) is 5.91 Å². The van der Waals surface area contributed by atoms with Crippen LogP contribution in [0.25, 0.3) is 0 Å². The van der Waals surface area contributed by atoms with E-state index in [1.807, 2.05) is 12.1 Å². The third-order valence-electron chi connectivity index (χ3n) is 2.33. The molecule has 0 saturated heterocycles. The molecule has 2 N–H and O–H groups in total. The number of pyridine rings is 1. The fraction of sp³-hybridized carbons (Fsp3) is 0.400. The number of hydrogen-bond donors (Lipinski definition) is 1. The molecule has 1 aliphatic carbocycles. The zero-order valence-electron chi connectivity index (χ0n) is 7.77. The van der Waals surface area contributed by atoms with E-state index in [1.165, 1.54) is 12.8 Å². The van der Waals surface area contributed by atoms with Gasteiger partial charge in [-0.05, 0) is 36.8 Å². The Morgan fingerprint density at radius 3 is 2.86 bits per heavy atom. The van der Waals surface area contributed by atoms with Gasteiger partial charge in [-0.15, -0.1) is 12.4 Å². The van der Waals surface area contributed by atoms with Crippen LogP contribution in [0.3, 0.4) is 0 Å². The molecule has 1 fully saturated rings. The van der Waals surface area contributed by atoms with Crippen LogP contribution < -0.4 is 5.73 Å². The maximum absolute atomic E-state index is 11.0. The summed E-state index contributed by atoms with van der Waals surface area (Å²) in [7, 11) is 0. The fourth-order valence-corrected chi connectivity index (χ4v) is 1.46. The minimum Gasteiger partial charge on any atom is -0.364 e. The van der Waals surface area contributed by atoms with Gasteiger partial charge in [-0.2, -0.15) is 0 Å². The van der Waals surface area contributed by atoms with Gasteiger partial charge in [0.1, 0.15) is 5.69 Å². The van der Waals surface area contributed by atoms with Crippen LogP contribution in [0.1, 0.15) is 28.9 Å². The van der Waals surface area contributed by atoms with E-state index in [0.717, 1.165) is 17.9 Å². The summed E-state index contributed by atoms with van der Waals surface area (Å²) in [5, 5.41) is 0. The van der Waals surface area contributed by atoms with E-state index in [9.17, 15) is 4.79 Å². The van der Waals surface area contributed by atoms with Gasteiger partial charge in [0.15, 0.2) is 0 Å². The first kappa shape index (κ1) is 11.0. The molecule has 0 spiro atoms. The molecule has 76 valence electrons. The number of rotatable bonds is 3. The summed E-state index contributed by atoms with van der Waals surface area (Å²) in [6.07, 6.45) is 5.10. The quantitative estimate of drug-likeness (QED) is 0.827. The Morgan fingerprint density at radius 2 is 2.29 bits per heavy atom. The van der Waals surface area contributed by atoms with E-state index in [-0.39, 0.29) is 12.4 Å². The summed E-state index contributed by atoms with van der Waals surface area (Å²) in [4.78, 5) is 15.0. The highest BCUT2D eigenvalue weighted by atomic mass is 35.5. The van der Waals surface area contributed by atoms with Crippen molar-refractivity contribution in [2.45, 2.75) is 19.3 Å². The molecule has 0 bridgehead atoms. The maximum Gasteiger partial charge on any atom is 0.267 e. The highest BCUT2D eigenvalue weighted by molar-refractivity contribution is 5.92. The zero-order valence-corrected chi connectivity index (χ0v) is 8.59. The summed E-state index contributed by atoms with van der Waals surface area (Å²) in [6.45, 7) is 0. The van der Waals surface area contributed by atoms with E-state index in [0.29, 0.717) is 5.69 Å². The first-order valence-electron chi connectivity index (χ1n) is 4.51. The number of nitrogens with zero attached hydrogens (tertiary/aromatic N) is 1. The summed E-state index contributed by atoms with van der Waals surface area (Å²) < 4.78 is 0. The van der Waals surface area contributed by atoms with Crippen molar-refractivity contribution in [1.82, 2.24) is 4.98 Å². The van der Waals surface area contributed by atoms with Crippen molar-refractivity contribution in [3.63, 3.8) is 0 Å². The van der Waals surface area contributed by atoms with Crippen LogP contribution in [0.15, 0.2) is 18.3 Å².